The number of phenols is 1. The number of fused-ring (bicyclic) bond motifs is 1. The maximum atomic E-state index is 13.5. The molecule has 0 aromatic heterocycles. The molecule has 5 aromatic rings. The van der Waals surface area contributed by atoms with Crippen LogP contribution in [0.5, 0.6) is 23.0 Å². The lowest BCUT2D eigenvalue weighted by Crippen LogP contribution is -2.13. The van der Waals surface area contributed by atoms with E-state index >= 15 is 0 Å². The molecule has 44 heavy (non-hydrogen) atoms. The van der Waals surface area contributed by atoms with Gasteiger partial charge in [-0.25, -0.2) is 0 Å². The van der Waals surface area contributed by atoms with E-state index < -0.39 is 11.7 Å². The first-order valence-electron chi connectivity index (χ1n) is 13.3. The average Bonchev–Trinajstić information content (AvgIpc) is 3.04. The van der Waals surface area contributed by atoms with Crippen molar-refractivity contribution in [2.24, 2.45) is 10.2 Å². The zero-order valence-corrected chi connectivity index (χ0v) is 24.7. The van der Waals surface area contributed by atoms with Crippen LogP contribution in [0.25, 0.3) is 10.8 Å². The molecule has 0 heterocycles. The van der Waals surface area contributed by atoms with E-state index in [9.17, 15) is 14.7 Å². The number of nitrogens with zero attached hydrogens (tertiary/aromatic N) is 2. The molecule has 5 rings (SSSR count). The molecule has 11 heteroatoms. The number of rotatable bonds is 9. The number of anilines is 2. The second-order valence-corrected chi connectivity index (χ2v) is 9.80. The molecule has 222 valence electrons. The van der Waals surface area contributed by atoms with Gasteiger partial charge in [0.1, 0.15) is 28.6 Å². The molecule has 5 aromatic carbocycles. The van der Waals surface area contributed by atoms with Crippen molar-refractivity contribution >= 4 is 56.9 Å². The fraction of sp³-hybridized carbons (Fsp3) is 0.0909. The summed E-state index contributed by atoms with van der Waals surface area (Å²) in [6.45, 7) is 0. The predicted octanol–water partition coefficient (Wildman–Crippen LogP) is 8.14. The number of ether oxygens (including phenoxy) is 3. The number of hydrogen-bond donors (Lipinski definition) is 3. The summed E-state index contributed by atoms with van der Waals surface area (Å²) in [5.74, 6) is -0.359. The van der Waals surface area contributed by atoms with E-state index in [1.165, 1.54) is 33.5 Å². The van der Waals surface area contributed by atoms with Crippen LogP contribution < -0.4 is 24.8 Å². The van der Waals surface area contributed by atoms with Crippen LogP contribution in [0.1, 0.15) is 20.7 Å². The van der Waals surface area contributed by atoms with Crippen molar-refractivity contribution in [1.29, 1.82) is 0 Å². The Morgan fingerprint density at radius 3 is 2.16 bits per heavy atom. The number of aromatic hydroxyl groups is 1. The lowest BCUT2D eigenvalue weighted by molar-refractivity contribution is 0.101. The lowest BCUT2D eigenvalue weighted by Gasteiger charge is -2.15. The summed E-state index contributed by atoms with van der Waals surface area (Å²) in [5.41, 5.74) is 1.46. The Morgan fingerprint density at radius 2 is 1.43 bits per heavy atom. The standard InChI is InChI=1S/C33H27ClN4O6/c1-42-27-14-13-20(32(40)35-21-10-5-4-6-11-21)16-26(27)37-38-30-22-12-8-7-9-19(22)15-23(31(30)39)33(41)36-25-17-24(34)28(43-2)18-29(25)44-3/h4-18,39H,1-3H3,(H,35,40)(H,36,41). The maximum Gasteiger partial charge on any atom is 0.259 e. The number of benzene rings is 5. The van der Waals surface area contributed by atoms with Crippen molar-refractivity contribution in [3.05, 3.63) is 107 Å². The van der Waals surface area contributed by atoms with Gasteiger partial charge >= 0.3 is 0 Å². The Hall–Kier alpha value is -5.61. The second-order valence-electron chi connectivity index (χ2n) is 9.39. The lowest BCUT2D eigenvalue weighted by atomic mass is 10.0. The Morgan fingerprint density at radius 1 is 0.727 bits per heavy atom. The predicted molar refractivity (Wildman–Crippen MR) is 170 cm³/mol. The number of phenolic OH excluding ortho intramolecular Hbond substituents is 1. The summed E-state index contributed by atoms with van der Waals surface area (Å²) >= 11 is 6.27. The van der Waals surface area contributed by atoms with Crippen molar-refractivity contribution in [2.45, 2.75) is 0 Å². The van der Waals surface area contributed by atoms with Crippen LogP contribution in [0.3, 0.4) is 0 Å². The number of para-hydroxylation sites is 1. The molecule has 0 bridgehead atoms. The summed E-state index contributed by atoms with van der Waals surface area (Å²) < 4.78 is 16.0. The van der Waals surface area contributed by atoms with Gasteiger partial charge in [0.2, 0.25) is 0 Å². The Bertz CT molecular complexity index is 1900. The number of azo groups is 1. The number of nitrogens with one attached hydrogen (secondary N) is 2. The Balaban J connectivity index is 1.52. The third-order valence-corrected chi connectivity index (χ3v) is 6.99. The summed E-state index contributed by atoms with van der Waals surface area (Å²) in [6.07, 6.45) is 0. The van der Waals surface area contributed by atoms with Crippen molar-refractivity contribution in [3.63, 3.8) is 0 Å². The maximum absolute atomic E-state index is 13.5. The van der Waals surface area contributed by atoms with Crippen LogP contribution >= 0.6 is 11.6 Å². The number of amides is 2. The van der Waals surface area contributed by atoms with Crippen molar-refractivity contribution in [1.82, 2.24) is 0 Å². The normalized spacial score (nSPS) is 10.9. The molecule has 3 N–H and O–H groups in total. The molecule has 0 unspecified atom stereocenters. The van der Waals surface area contributed by atoms with Crippen LogP contribution in [0, 0.1) is 0 Å². The molecule has 0 atom stereocenters. The van der Waals surface area contributed by atoms with Gasteiger partial charge in [-0.15, -0.1) is 10.2 Å². The average molecular weight is 611 g/mol. The number of hydrogen-bond acceptors (Lipinski definition) is 8. The van der Waals surface area contributed by atoms with E-state index in [1.807, 2.05) is 18.2 Å². The van der Waals surface area contributed by atoms with E-state index in [0.717, 1.165) is 0 Å². The largest absolute Gasteiger partial charge is 0.505 e. The number of carbonyl (C=O) groups is 2. The highest BCUT2D eigenvalue weighted by molar-refractivity contribution is 6.32. The van der Waals surface area contributed by atoms with Crippen molar-refractivity contribution in [2.75, 3.05) is 32.0 Å². The van der Waals surface area contributed by atoms with E-state index in [2.05, 4.69) is 20.9 Å². The van der Waals surface area contributed by atoms with E-state index in [1.54, 1.807) is 60.7 Å². The minimum absolute atomic E-state index is 0.0502. The smallest absolute Gasteiger partial charge is 0.259 e. The molecular formula is C33H27ClN4O6. The van der Waals surface area contributed by atoms with E-state index in [-0.39, 0.29) is 33.6 Å². The molecular weight excluding hydrogens is 584 g/mol. The summed E-state index contributed by atoms with van der Waals surface area (Å²) in [4.78, 5) is 26.4. The molecule has 0 saturated heterocycles. The first-order chi connectivity index (χ1) is 21.3. The fourth-order valence-corrected chi connectivity index (χ4v) is 4.72. The topological polar surface area (TPSA) is 131 Å². The van der Waals surface area contributed by atoms with Gasteiger partial charge in [-0.1, -0.05) is 54.1 Å². The van der Waals surface area contributed by atoms with Gasteiger partial charge < -0.3 is 30.0 Å². The monoisotopic (exact) mass is 610 g/mol. The van der Waals surface area contributed by atoms with Gasteiger partial charge in [0.05, 0.1) is 37.6 Å². The summed E-state index contributed by atoms with van der Waals surface area (Å²) in [7, 11) is 4.38. The SMILES string of the molecule is COc1cc(OC)c(NC(=O)c2cc3ccccc3c(N=Nc3cc(C(=O)Nc4ccccc4)ccc3OC)c2O)cc1Cl. The minimum Gasteiger partial charge on any atom is -0.505 e. The van der Waals surface area contributed by atoms with Gasteiger partial charge in [0, 0.05) is 22.7 Å². The number of methoxy groups -OCH3 is 3. The molecule has 0 spiro atoms. The first-order valence-corrected chi connectivity index (χ1v) is 13.6. The highest BCUT2D eigenvalue weighted by Gasteiger charge is 2.21. The highest BCUT2D eigenvalue weighted by atomic mass is 35.5. The molecule has 0 saturated carbocycles. The molecule has 0 aliphatic rings. The van der Waals surface area contributed by atoms with Crippen LogP contribution in [-0.2, 0) is 0 Å². The van der Waals surface area contributed by atoms with Gasteiger partial charge in [0.15, 0.2) is 5.75 Å². The van der Waals surface area contributed by atoms with Gasteiger partial charge in [-0.2, -0.15) is 0 Å². The fourth-order valence-electron chi connectivity index (χ4n) is 4.48. The zero-order valence-electron chi connectivity index (χ0n) is 23.9. The van der Waals surface area contributed by atoms with Crippen molar-refractivity contribution < 1.29 is 28.9 Å². The van der Waals surface area contributed by atoms with Gasteiger partial charge in [-0.05, 0) is 47.9 Å². The highest BCUT2D eigenvalue weighted by Crippen LogP contribution is 2.42. The number of halogens is 1. The van der Waals surface area contributed by atoms with Crippen LogP contribution in [0.2, 0.25) is 5.02 Å². The summed E-state index contributed by atoms with van der Waals surface area (Å²) in [6, 6.07) is 25.5. The Kier molecular flexibility index (Phi) is 8.92. The molecule has 2 amide bonds. The number of carbonyl (C=O) groups excluding carboxylic acids is 2. The van der Waals surface area contributed by atoms with E-state index in [4.69, 9.17) is 25.8 Å². The summed E-state index contributed by atoms with van der Waals surface area (Å²) in [5, 5.41) is 27.0. The van der Waals surface area contributed by atoms with Crippen molar-refractivity contribution in [3.8, 4) is 23.0 Å². The van der Waals surface area contributed by atoms with Crippen LogP contribution in [0.4, 0.5) is 22.7 Å². The second kappa shape index (κ2) is 13.1. The van der Waals surface area contributed by atoms with Crippen LogP contribution in [-0.4, -0.2) is 38.3 Å². The van der Waals surface area contributed by atoms with Crippen LogP contribution in [0.15, 0.2) is 101 Å². The molecule has 0 fully saturated rings. The quantitative estimate of drug-likeness (QED) is 0.144. The first kappa shape index (κ1) is 29.9. The molecule has 0 aliphatic carbocycles. The van der Waals surface area contributed by atoms with Gasteiger partial charge in [-0.3, -0.25) is 9.59 Å². The Labute approximate surface area is 257 Å². The molecule has 0 aliphatic heterocycles. The molecule has 10 nitrogen and oxygen atoms in total. The third kappa shape index (κ3) is 6.25. The van der Waals surface area contributed by atoms with E-state index in [0.29, 0.717) is 39.3 Å². The van der Waals surface area contributed by atoms with Gasteiger partial charge in [0.25, 0.3) is 11.8 Å². The zero-order chi connectivity index (χ0) is 31.2. The third-order valence-electron chi connectivity index (χ3n) is 6.69. The minimum atomic E-state index is -0.638. The molecule has 0 radical (unpaired) electrons.